The van der Waals surface area contributed by atoms with E-state index in [1.54, 1.807) is 5.57 Å². The van der Waals surface area contributed by atoms with Crippen LogP contribution in [0.5, 0.6) is 0 Å². The molecule has 0 aromatic rings. The van der Waals surface area contributed by atoms with Gasteiger partial charge in [-0.1, -0.05) is 67.0 Å². The van der Waals surface area contributed by atoms with E-state index in [1.165, 1.54) is 44.9 Å². The van der Waals surface area contributed by atoms with Gasteiger partial charge in [0.1, 0.15) is 0 Å². The van der Waals surface area contributed by atoms with Crippen LogP contribution in [0.15, 0.2) is 11.6 Å². The van der Waals surface area contributed by atoms with Crippen molar-refractivity contribution in [3.63, 3.8) is 0 Å². The smallest absolute Gasteiger partial charge is 0.0762 e. The number of hydrogen-bond donors (Lipinski definition) is 2. The first-order valence-electron chi connectivity index (χ1n) is 13.7. The molecule has 5 rings (SSSR count). The van der Waals surface area contributed by atoms with Gasteiger partial charge in [-0.05, 0) is 102 Å². The maximum atomic E-state index is 11.9. The molecule has 4 saturated carbocycles. The van der Waals surface area contributed by atoms with E-state index in [9.17, 15) is 10.2 Å². The molecule has 2 nitrogen and oxygen atoms in total. The highest BCUT2D eigenvalue weighted by Gasteiger charge is 2.69. The summed E-state index contributed by atoms with van der Waals surface area (Å²) in [5.74, 6) is 1.38. The zero-order valence-corrected chi connectivity index (χ0v) is 22.2. The van der Waals surface area contributed by atoms with Crippen molar-refractivity contribution in [3.8, 4) is 0 Å². The minimum atomic E-state index is -0.352. The van der Waals surface area contributed by atoms with Crippen molar-refractivity contribution in [2.24, 2.45) is 50.2 Å². The fraction of sp³-hybridized carbons (Fsp3) is 0.933. The standard InChI is InChI=1S/C30H50O2/c1-25(2)13-14-27(5)15-16-29(7)19(20(27)18-25)17-21(31)24-28(6)11-10-23(32)26(3,4)22(28)9-12-30(24,29)8/h17,20-24,31-32H,9-16,18H2,1-8H3/t20-,21-,22-,23-,24+,27+,28-,29+,30+/m0/s1. The summed E-state index contributed by atoms with van der Waals surface area (Å²) in [6.07, 6.45) is 12.7. The molecular formula is C30H50O2. The van der Waals surface area contributed by atoms with Gasteiger partial charge in [-0.15, -0.1) is 0 Å². The van der Waals surface area contributed by atoms with E-state index in [1.807, 2.05) is 0 Å². The van der Waals surface area contributed by atoms with Crippen molar-refractivity contribution in [2.75, 3.05) is 0 Å². The third-order valence-electron chi connectivity index (χ3n) is 13.0. The average molecular weight is 443 g/mol. The van der Waals surface area contributed by atoms with Gasteiger partial charge in [-0.2, -0.15) is 0 Å². The zero-order valence-electron chi connectivity index (χ0n) is 22.2. The van der Waals surface area contributed by atoms with Crippen LogP contribution in [0.2, 0.25) is 0 Å². The Morgan fingerprint density at radius 3 is 2.12 bits per heavy atom. The van der Waals surface area contributed by atoms with Gasteiger partial charge in [0.2, 0.25) is 0 Å². The van der Waals surface area contributed by atoms with Crippen molar-refractivity contribution in [1.82, 2.24) is 0 Å². The Kier molecular flexibility index (Phi) is 4.87. The molecule has 0 aliphatic heterocycles. The van der Waals surface area contributed by atoms with Crippen LogP contribution in [0.1, 0.15) is 113 Å². The number of aliphatic hydroxyl groups is 2. The molecule has 9 atom stereocenters. The van der Waals surface area contributed by atoms with Gasteiger partial charge in [0.25, 0.3) is 0 Å². The highest BCUT2D eigenvalue weighted by molar-refractivity contribution is 5.35. The topological polar surface area (TPSA) is 40.5 Å². The SMILES string of the molecule is CC1(C)CC[C@]2(C)CC[C@]3(C)C(=C[C@H](O)[C@@H]4[C@@]5(C)CC[C@H](O)C(C)(C)[C@@H]5CC[C@]43C)[C@@H]2C1. The molecule has 5 aliphatic rings. The average Bonchev–Trinajstić information content (AvgIpc) is 2.68. The lowest BCUT2D eigenvalue weighted by Gasteiger charge is -2.72. The summed E-state index contributed by atoms with van der Waals surface area (Å²) in [6.45, 7) is 19.7. The second-order valence-corrected chi connectivity index (χ2v) is 15.4. The summed E-state index contributed by atoms with van der Waals surface area (Å²) < 4.78 is 0. The Labute approximate surface area is 197 Å². The molecule has 4 fully saturated rings. The van der Waals surface area contributed by atoms with Crippen molar-refractivity contribution >= 4 is 0 Å². The first-order valence-corrected chi connectivity index (χ1v) is 13.7. The van der Waals surface area contributed by atoms with Crippen molar-refractivity contribution in [3.05, 3.63) is 11.6 Å². The highest BCUT2D eigenvalue weighted by atomic mass is 16.3. The molecule has 0 unspecified atom stereocenters. The molecule has 2 heteroatoms. The van der Waals surface area contributed by atoms with E-state index >= 15 is 0 Å². The molecular weight excluding hydrogens is 392 g/mol. The van der Waals surface area contributed by atoms with Crippen molar-refractivity contribution in [2.45, 2.75) is 125 Å². The molecule has 5 aliphatic carbocycles. The third-order valence-corrected chi connectivity index (χ3v) is 13.0. The van der Waals surface area contributed by atoms with Crippen molar-refractivity contribution < 1.29 is 10.2 Å². The Morgan fingerprint density at radius 2 is 1.44 bits per heavy atom. The van der Waals surface area contributed by atoms with Crippen LogP contribution in [0.25, 0.3) is 0 Å². The van der Waals surface area contributed by atoms with E-state index in [0.717, 1.165) is 12.8 Å². The summed E-state index contributed by atoms with van der Waals surface area (Å²) in [5, 5.41) is 22.8. The third kappa shape index (κ3) is 2.78. The molecule has 0 heterocycles. The molecule has 0 saturated heterocycles. The van der Waals surface area contributed by atoms with E-state index in [0.29, 0.717) is 22.7 Å². The maximum Gasteiger partial charge on any atom is 0.0762 e. The summed E-state index contributed by atoms with van der Waals surface area (Å²) in [4.78, 5) is 0. The molecule has 182 valence electrons. The van der Waals surface area contributed by atoms with Gasteiger partial charge in [0.15, 0.2) is 0 Å². The number of rotatable bonds is 0. The van der Waals surface area contributed by atoms with Crippen LogP contribution in [0.4, 0.5) is 0 Å². The normalized spacial score (nSPS) is 56.2. The molecule has 0 radical (unpaired) electrons. The lowest BCUT2D eigenvalue weighted by Crippen LogP contribution is -2.67. The summed E-state index contributed by atoms with van der Waals surface area (Å²) in [6, 6.07) is 0. The van der Waals surface area contributed by atoms with Gasteiger partial charge >= 0.3 is 0 Å². The van der Waals surface area contributed by atoms with Crippen molar-refractivity contribution in [1.29, 1.82) is 0 Å². The van der Waals surface area contributed by atoms with Gasteiger partial charge in [0, 0.05) is 5.92 Å². The van der Waals surface area contributed by atoms with E-state index < -0.39 is 0 Å². The Morgan fingerprint density at radius 1 is 0.781 bits per heavy atom. The fourth-order valence-corrected chi connectivity index (χ4v) is 10.6. The second kappa shape index (κ2) is 6.66. The zero-order chi connectivity index (χ0) is 23.5. The molecule has 2 N–H and O–H groups in total. The highest BCUT2D eigenvalue weighted by Crippen LogP contribution is 2.75. The van der Waals surface area contributed by atoms with E-state index in [-0.39, 0.29) is 39.8 Å². The quantitative estimate of drug-likeness (QED) is 0.391. The van der Waals surface area contributed by atoms with Crippen LogP contribution in [0.3, 0.4) is 0 Å². The van der Waals surface area contributed by atoms with Crippen LogP contribution in [-0.4, -0.2) is 22.4 Å². The van der Waals surface area contributed by atoms with E-state index in [2.05, 4.69) is 61.5 Å². The van der Waals surface area contributed by atoms with Crippen LogP contribution < -0.4 is 0 Å². The van der Waals surface area contributed by atoms with E-state index in [4.69, 9.17) is 0 Å². The monoisotopic (exact) mass is 442 g/mol. The number of allylic oxidation sites excluding steroid dienone is 1. The predicted molar refractivity (Wildman–Crippen MR) is 132 cm³/mol. The number of aliphatic hydroxyl groups excluding tert-OH is 2. The lowest BCUT2D eigenvalue weighted by molar-refractivity contribution is -0.224. The summed E-state index contributed by atoms with van der Waals surface area (Å²) in [5.41, 5.74) is 2.76. The van der Waals surface area contributed by atoms with Crippen LogP contribution in [0, 0.1) is 50.2 Å². The second-order valence-electron chi connectivity index (χ2n) is 15.4. The Balaban J connectivity index is 1.62. The molecule has 0 spiro atoms. The first kappa shape index (κ1) is 23.4. The van der Waals surface area contributed by atoms with Gasteiger partial charge in [0.05, 0.1) is 12.2 Å². The number of hydrogen-bond acceptors (Lipinski definition) is 2. The van der Waals surface area contributed by atoms with Gasteiger partial charge in [-0.25, -0.2) is 0 Å². The predicted octanol–water partition coefficient (Wildman–Crippen LogP) is 7.14. The molecule has 0 aromatic heterocycles. The molecule has 0 bridgehead atoms. The Bertz CT molecular complexity index is 825. The number of fused-ring (bicyclic) bond motifs is 7. The minimum Gasteiger partial charge on any atom is -0.393 e. The largest absolute Gasteiger partial charge is 0.393 e. The van der Waals surface area contributed by atoms with Crippen LogP contribution in [-0.2, 0) is 0 Å². The van der Waals surface area contributed by atoms with Gasteiger partial charge in [-0.3, -0.25) is 0 Å². The maximum absolute atomic E-state index is 11.9. The molecule has 32 heavy (non-hydrogen) atoms. The summed E-state index contributed by atoms with van der Waals surface area (Å²) in [7, 11) is 0. The summed E-state index contributed by atoms with van der Waals surface area (Å²) >= 11 is 0. The lowest BCUT2D eigenvalue weighted by atomic mass is 9.33. The molecule has 0 aromatic carbocycles. The van der Waals surface area contributed by atoms with Crippen LogP contribution >= 0.6 is 0 Å². The molecule has 0 amide bonds. The minimum absolute atomic E-state index is 0.0719. The fourth-order valence-electron chi connectivity index (χ4n) is 10.6. The first-order chi connectivity index (χ1) is 14.6. The van der Waals surface area contributed by atoms with Gasteiger partial charge < -0.3 is 10.2 Å². The Hall–Kier alpha value is -0.340.